The maximum atomic E-state index is 13.0. The van der Waals surface area contributed by atoms with Gasteiger partial charge in [0.2, 0.25) is 0 Å². The predicted molar refractivity (Wildman–Crippen MR) is 120 cm³/mol. The molecule has 0 aromatic heterocycles. The lowest BCUT2D eigenvalue weighted by molar-refractivity contribution is 0.0976. The molecule has 6 heteroatoms. The summed E-state index contributed by atoms with van der Waals surface area (Å²) < 4.78 is 11.6. The van der Waals surface area contributed by atoms with Gasteiger partial charge in [0.15, 0.2) is 17.3 Å². The van der Waals surface area contributed by atoms with E-state index in [2.05, 4.69) is 21.2 Å². The van der Waals surface area contributed by atoms with Crippen molar-refractivity contribution in [2.45, 2.75) is 12.5 Å². The number of ether oxygens (including phenoxy) is 2. The number of hydrogen-bond acceptors (Lipinski definition) is 4. The van der Waals surface area contributed by atoms with E-state index in [0.717, 1.165) is 15.7 Å². The Balaban J connectivity index is 1.86. The van der Waals surface area contributed by atoms with Crippen LogP contribution in [-0.2, 0) is 0 Å². The van der Waals surface area contributed by atoms with Gasteiger partial charge in [-0.15, -0.1) is 0 Å². The topological polar surface area (TPSA) is 47.6 Å². The van der Waals surface area contributed by atoms with Gasteiger partial charge in [-0.25, -0.2) is 0 Å². The first-order valence-electron chi connectivity index (χ1n) is 9.03. The first-order chi connectivity index (χ1) is 14.0. The van der Waals surface area contributed by atoms with Gasteiger partial charge in [-0.05, 0) is 60.2 Å². The van der Waals surface area contributed by atoms with Crippen LogP contribution in [0.1, 0.15) is 28.4 Å². The van der Waals surface area contributed by atoms with Gasteiger partial charge in [0.1, 0.15) is 0 Å². The van der Waals surface area contributed by atoms with Crippen LogP contribution in [0.3, 0.4) is 0 Å². The van der Waals surface area contributed by atoms with Crippen LogP contribution in [0.25, 0.3) is 0 Å². The summed E-state index contributed by atoms with van der Waals surface area (Å²) in [7, 11) is 3.12. The number of benzene rings is 3. The lowest BCUT2D eigenvalue weighted by Gasteiger charge is -2.20. The third-order valence-electron chi connectivity index (χ3n) is 4.55. The number of rotatable bonds is 8. The Morgan fingerprint density at radius 3 is 2.24 bits per heavy atom. The summed E-state index contributed by atoms with van der Waals surface area (Å²) in [6, 6.07) is 20.3. The highest BCUT2D eigenvalue weighted by atomic mass is 79.9. The minimum atomic E-state index is -0.214. The average molecular weight is 475 g/mol. The Morgan fingerprint density at radius 1 is 0.966 bits per heavy atom. The maximum absolute atomic E-state index is 13.0. The fourth-order valence-electron chi connectivity index (χ4n) is 3.01. The Kier molecular flexibility index (Phi) is 7.18. The van der Waals surface area contributed by atoms with E-state index < -0.39 is 0 Å². The molecule has 1 atom stereocenters. The predicted octanol–water partition coefficient (Wildman–Crippen LogP) is 6.55. The minimum absolute atomic E-state index is 0.00415. The van der Waals surface area contributed by atoms with E-state index in [1.165, 1.54) is 0 Å². The summed E-state index contributed by atoms with van der Waals surface area (Å²) in [6.45, 7) is 0. The molecule has 0 heterocycles. The van der Waals surface area contributed by atoms with Gasteiger partial charge in [-0.1, -0.05) is 39.7 Å². The van der Waals surface area contributed by atoms with Crippen LogP contribution < -0.4 is 14.8 Å². The van der Waals surface area contributed by atoms with Crippen molar-refractivity contribution in [2.24, 2.45) is 0 Å². The summed E-state index contributed by atoms with van der Waals surface area (Å²) in [5.74, 6) is 1.11. The fourth-order valence-corrected chi connectivity index (χ4v) is 3.40. The minimum Gasteiger partial charge on any atom is -0.493 e. The summed E-state index contributed by atoms with van der Waals surface area (Å²) in [5.41, 5.74) is 2.47. The number of carbonyl (C=O) groups is 1. The fraction of sp³-hybridized carbons (Fsp3) is 0.174. The molecule has 3 aromatic carbocycles. The molecule has 0 aliphatic carbocycles. The van der Waals surface area contributed by atoms with Gasteiger partial charge in [0.25, 0.3) is 0 Å². The normalized spacial score (nSPS) is 11.6. The zero-order valence-electron chi connectivity index (χ0n) is 16.1. The SMILES string of the molecule is COc1ccc(C(=O)CC(Nc2ccc(Br)cc2)c2ccc(Cl)cc2)cc1OC. The first kappa shape index (κ1) is 21.2. The van der Waals surface area contributed by atoms with Crippen LogP contribution in [0.2, 0.25) is 5.02 Å². The van der Waals surface area contributed by atoms with E-state index in [0.29, 0.717) is 22.1 Å². The number of anilines is 1. The summed E-state index contributed by atoms with van der Waals surface area (Å²) in [4.78, 5) is 13.0. The Morgan fingerprint density at radius 2 is 1.62 bits per heavy atom. The Labute approximate surface area is 183 Å². The van der Waals surface area contributed by atoms with E-state index >= 15 is 0 Å². The maximum Gasteiger partial charge on any atom is 0.165 e. The standard InChI is InChI=1S/C23H21BrClNO3/c1-28-22-12-5-16(13-23(22)29-2)21(27)14-20(15-3-8-18(25)9-4-15)26-19-10-6-17(24)7-11-19/h3-13,20,26H,14H2,1-2H3. The van der Waals surface area contributed by atoms with Crippen LogP contribution >= 0.6 is 27.5 Å². The number of ketones is 1. The van der Waals surface area contributed by atoms with Crippen LogP contribution in [0.5, 0.6) is 11.5 Å². The summed E-state index contributed by atoms with van der Waals surface area (Å²) in [5, 5.41) is 4.11. The number of carbonyl (C=O) groups excluding carboxylic acids is 1. The van der Waals surface area contributed by atoms with E-state index in [1.54, 1.807) is 32.4 Å². The lowest BCUT2D eigenvalue weighted by Crippen LogP contribution is -2.16. The van der Waals surface area contributed by atoms with Gasteiger partial charge >= 0.3 is 0 Å². The molecule has 0 spiro atoms. The molecule has 0 saturated carbocycles. The molecule has 0 saturated heterocycles. The molecule has 0 aliphatic rings. The van der Waals surface area contributed by atoms with Gasteiger partial charge in [-0.3, -0.25) is 4.79 Å². The molecular weight excluding hydrogens is 454 g/mol. The molecular formula is C23H21BrClNO3. The van der Waals surface area contributed by atoms with Crippen molar-refractivity contribution in [3.8, 4) is 11.5 Å². The molecule has 3 rings (SSSR count). The molecule has 29 heavy (non-hydrogen) atoms. The highest BCUT2D eigenvalue weighted by Crippen LogP contribution is 2.30. The van der Waals surface area contributed by atoms with Gasteiger partial charge in [0, 0.05) is 27.2 Å². The Hall–Kier alpha value is -2.50. The number of methoxy groups -OCH3 is 2. The van der Waals surface area contributed by atoms with Crippen LogP contribution in [-0.4, -0.2) is 20.0 Å². The second kappa shape index (κ2) is 9.81. The van der Waals surface area contributed by atoms with E-state index in [9.17, 15) is 4.79 Å². The number of Topliss-reactive ketones (excluding diaryl/α,β-unsaturated/α-hetero) is 1. The lowest BCUT2D eigenvalue weighted by atomic mass is 9.97. The second-order valence-corrected chi connectivity index (χ2v) is 7.80. The molecule has 0 radical (unpaired) electrons. The third-order valence-corrected chi connectivity index (χ3v) is 5.33. The number of hydrogen-bond donors (Lipinski definition) is 1. The molecule has 150 valence electrons. The first-order valence-corrected chi connectivity index (χ1v) is 10.2. The summed E-state index contributed by atoms with van der Waals surface area (Å²) >= 11 is 9.48. The molecule has 4 nitrogen and oxygen atoms in total. The number of halogens is 2. The van der Waals surface area contributed by atoms with Crippen LogP contribution in [0.4, 0.5) is 5.69 Å². The zero-order valence-corrected chi connectivity index (χ0v) is 18.5. The monoisotopic (exact) mass is 473 g/mol. The van der Waals surface area contributed by atoms with E-state index in [-0.39, 0.29) is 18.2 Å². The van der Waals surface area contributed by atoms with E-state index in [4.69, 9.17) is 21.1 Å². The molecule has 1 unspecified atom stereocenters. The number of nitrogens with one attached hydrogen (secondary N) is 1. The molecule has 0 aliphatic heterocycles. The molecule has 1 N–H and O–H groups in total. The largest absolute Gasteiger partial charge is 0.493 e. The average Bonchev–Trinajstić information content (AvgIpc) is 2.74. The molecule has 0 fully saturated rings. The van der Waals surface area contributed by atoms with Crippen molar-refractivity contribution in [2.75, 3.05) is 19.5 Å². The van der Waals surface area contributed by atoms with Crippen LogP contribution in [0.15, 0.2) is 71.2 Å². The highest BCUT2D eigenvalue weighted by Gasteiger charge is 2.19. The quantitative estimate of drug-likeness (QED) is 0.376. The zero-order chi connectivity index (χ0) is 20.8. The van der Waals surface area contributed by atoms with Crippen LogP contribution in [0, 0.1) is 0 Å². The van der Waals surface area contributed by atoms with Gasteiger partial charge in [0.05, 0.1) is 20.3 Å². The molecule has 3 aromatic rings. The third kappa shape index (κ3) is 5.52. The van der Waals surface area contributed by atoms with Crippen molar-refractivity contribution in [3.63, 3.8) is 0 Å². The van der Waals surface area contributed by atoms with Crippen molar-refractivity contribution < 1.29 is 14.3 Å². The summed E-state index contributed by atoms with van der Waals surface area (Å²) in [6.07, 6.45) is 0.271. The van der Waals surface area contributed by atoms with Crippen molar-refractivity contribution in [1.82, 2.24) is 0 Å². The smallest absolute Gasteiger partial charge is 0.165 e. The van der Waals surface area contributed by atoms with Crippen molar-refractivity contribution >= 4 is 39.0 Å². The van der Waals surface area contributed by atoms with Gasteiger partial charge < -0.3 is 14.8 Å². The van der Waals surface area contributed by atoms with Crippen molar-refractivity contribution in [3.05, 3.63) is 87.4 Å². The molecule has 0 bridgehead atoms. The second-order valence-electron chi connectivity index (χ2n) is 6.45. The van der Waals surface area contributed by atoms with Crippen molar-refractivity contribution in [1.29, 1.82) is 0 Å². The molecule has 0 amide bonds. The van der Waals surface area contributed by atoms with E-state index in [1.807, 2.05) is 48.5 Å². The Bertz CT molecular complexity index is 974. The van der Waals surface area contributed by atoms with Gasteiger partial charge in [-0.2, -0.15) is 0 Å². The highest BCUT2D eigenvalue weighted by molar-refractivity contribution is 9.10.